The molecule has 0 saturated heterocycles. The minimum Gasteiger partial charge on any atom is -0.487 e. The Kier molecular flexibility index (Phi) is 5.87. The summed E-state index contributed by atoms with van der Waals surface area (Å²) in [7, 11) is 0. The average Bonchev–Trinajstić information content (AvgIpc) is 2.68. The Balaban J connectivity index is 1.70. The molecule has 1 heterocycles. The first-order valence-corrected chi connectivity index (χ1v) is 8.79. The number of aliphatic hydroxyl groups is 1. The van der Waals surface area contributed by atoms with Crippen LogP contribution in [0.5, 0.6) is 5.75 Å². The van der Waals surface area contributed by atoms with Crippen LogP contribution in [0, 0.1) is 0 Å². The maximum atomic E-state index is 10.8. The summed E-state index contributed by atoms with van der Waals surface area (Å²) in [5.41, 5.74) is 2.66. The molecule has 0 bridgehead atoms. The third-order valence-electron chi connectivity index (χ3n) is 4.15. The van der Waals surface area contributed by atoms with Crippen LogP contribution in [0.2, 0.25) is 0 Å². The summed E-state index contributed by atoms with van der Waals surface area (Å²) in [5.74, 6) is 0.681. The van der Waals surface area contributed by atoms with Crippen LogP contribution in [-0.2, 0) is 6.61 Å². The molecule has 26 heavy (non-hydrogen) atoms. The van der Waals surface area contributed by atoms with Gasteiger partial charge in [-0.1, -0.05) is 48.5 Å². The molecule has 0 fully saturated rings. The monoisotopic (exact) mass is 348 g/mol. The molecule has 3 rings (SSSR count). The molecule has 0 saturated carbocycles. The van der Waals surface area contributed by atoms with Crippen molar-refractivity contribution in [2.45, 2.75) is 32.7 Å². The van der Waals surface area contributed by atoms with Crippen LogP contribution < -0.4 is 9.64 Å². The van der Waals surface area contributed by atoms with Gasteiger partial charge < -0.3 is 14.7 Å². The predicted octanol–water partition coefficient (Wildman–Crippen LogP) is 4.57. The first-order valence-electron chi connectivity index (χ1n) is 8.79. The Bertz CT molecular complexity index is 789. The van der Waals surface area contributed by atoms with E-state index in [0.717, 1.165) is 11.3 Å². The van der Waals surface area contributed by atoms with E-state index in [1.54, 1.807) is 6.20 Å². The molecule has 0 radical (unpaired) electrons. The molecule has 1 atom stereocenters. The van der Waals surface area contributed by atoms with Crippen LogP contribution in [0.15, 0.2) is 79.0 Å². The third-order valence-corrected chi connectivity index (χ3v) is 4.15. The molecule has 0 aliphatic heterocycles. The maximum Gasteiger partial charge on any atom is 0.170 e. The van der Waals surface area contributed by atoms with E-state index < -0.39 is 6.23 Å². The minimum atomic E-state index is -0.819. The van der Waals surface area contributed by atoms with Crippen molar-refractivity contribution in [1.82, 2.24) is 4.98 Å². The summed E-state index contributed by atoms with van der Waals surface area (Å²) in [6.45, 7) is 4.59. The Hall–Kier alpha value is -2.85. The largest absolute Gasteiger partial charge is 0.487 e. The van der Waals surface area contributed by atoms with E-state index in [1.165, 1.54) is 0 Å². The van der Waals surface area contributed by atoms with Gasteiger partial charge in [-0.05, 0) is 43.7 Å². The van der Waals surface area contributed by atoms with Crippen LogP contribution >= 0.6 is 0 Å². The van der Waals surface area contributed by atoms with E-state index in [4.69, 9.17) is 4.74 Å². The van der Waals surface area contributed by atoms with Crippen LogP contribution in [0.25, 0.3) is 0 Å². The van der Waals surface area contributed by atoms with Gasteiger partial charge in [0, 0.05) is 11.7 Å². The van der Waals surface area contributed by atoms with E-state index in [0.29, 0.717) is 18.1 Å². The second kappa shape index (κ2) is 8.50. The fourth-order valence-electron chi connectivity index (χ4n) is 2.84. The standard InChI is InChI=1S/C22H24N2O2/c1-17(2)24(19-11-7-4-8-12-19)22(25)21-14-13-20(15-23-21)26-16-18-9-5-3-6-10-18/h3-15,17,22,25H,16H2,1-2H3. The van der Waals surface area contributed by atoms with Crippen molar-refractivity contribution in [2.75, 3.05) is 4.90 Å². The van der Waals surface area contributed by atoms with Crippen LogP contribution in [-0.4, -0.2) is 16.1 Å². The summed E-state index contributed by atoms with van der Waals surface area (Å²) >= 11 is 0. The molecule has 0 aliphatic carbocycles. The lowest BCUT2D eigenvalue weighted by Crippen LogP contribution is -2.35. The van der Waals surface area contributed by atoms with Gasteiger partial charge in [-0.2, -0.15) is 0 Å². The lowest BCUT2D eigenvalue weighted by molar-refractivity contribution is 0.159. The van der Waals surface area contributed by atoms with Gasteiger partial charge in [0.05, 0.1) is 11.9 Å². The highest BCUT2D eigenvalue weighted by molar-refractivity contribution is 5.48. The number of aliphatic hydroxyl groups excluding tert-OH is 1. The molecule has 4 nitrogen and oxygen atoms in total. The quantitative estimate of drug-likeness (QED) is 0.636. The first kappa shape index (κ1) is 18.0. The molecular weight excluding hydrogens is 324 g/mol. The highest BCUT2D eigenvalue weighted by atomic mass is 16.5. The SMILES string of the molecule is CC(C)N(c1ccccc1)C(O)c1ccc(OCc2ccccc2)cn1. The van der Waals surface area contributed by atoms with Crippen molar-refractivity contribution >= 4 is 5.69 Å². The predicted molar refractivity (Wildman–Crippen MR) is 104 cm³/mol. The first-order chi connectivity index (χ1) is 12.6. The Labute approximate surface area is 154 Å². The summed E-state index contributed by atoms with van der Waals surface area (Å²) in [6.07, 6.45) is 0.839. The zero-order valence-corrected chi connectivity index (χ0v) is 15.1. The number of para-hydroxylation sites is 1. The normalized spacial score (nSPS) is 12.0. The number of anilines is 1. The van der Waals surface area contributed by atoms with E-state index in [2.05, 4.69) is 4.98 Å². The van der Waals surface area contributed by atoms with Gasteiger partial charge in [0.15, 0.2) is 6.23 Å². The molecule has 0 aliphatic rings. The molecule has 1 aromatic heterocycles. The highest BCUT2D eigenvalue weighted by Crippen LogP contribution is 2.27. The molecule has 1 unspecified atom stereocenters. The summed E-state index contributed by atoms with van der Waals surface area (Å²) < 4.78 is 5.76. The van der Waals surface area contributed by atoms with Gasteiger partial charge in [-0.3, -0.25) is 4.98 Å². The number of ether oxygens (including phenoxy) is 1. The number of hydrogen-bond acceptors (Lipinski definition) is 4. The highest BCUT2D eigenvalue weighted by Gasteiger charge is 2.22. The van der Waals surface area contributed by atoms with Gasteiger partial charge in [0.1, 0.15) is 12.4 Å². The van der Waals surface area contributed by atoms with Gasteiger partial charge in [-0.15, -0.1) is 0 Å². The van der Waals surface area contributed by atoms with E-state index in [-0.39, 0.29) is 6.04 Å². The number of aromatic nitrogens is 1. The van der Waals surface area contributed by atoms with Crippen molar-refractivity contribution in [3.8, 4) is 5.75 Å². The minimum absolute atomic E-state index is 0.128. The van der Waals surface area contributed by atoms with Gasteiger partial charge in [0.25, 0.3) is 0 Å². The van der Waals surface area contributed by atoms with Crippen LogP contribution in [0.1, 0.15) is 31.3 Å². The van der Waals surface area contributed by atoms with Crippen LogP contribution in [0.3, 0.4) is 0 Å². The molecule has 0 amide bonds. The molecule has 0 spiro atoms. The molecule has 2 aromatic carbocycles. The number of pyridine rings is 1. The Morgan fingerprint density at radius 1 is 0.923 bits per heavy atom. The topological polar surface area (TPSA) is 45.6 Å². The second-order valence-electron chi connectivity index (χ2n) is 6.40. The fraction of sp³-hybridized carbons (Fsp3) is 0.227. The number of hydrogen-bond donors (Lipinski definition) is 1. The lowest BCUT2D eigenvalue weighted by Gasteiger charge is -2.33. The lowest BCUT2D eigenvalue weighted by atomic mass is 10.2. The zero-order chi connectivity index (χ0) is 18.4. The van der Waals surface area contributed by atoms with Crippen molar-refractivity contribution in [3.63, 3.8) is 0 Å². The second-order valence-corrected chi connectivity index (χ2v) is 6.40. The number of rotatable bonds is 7. The maximum absolute atomic E-state index is 10.8. The number of benzene rings is 2. The van der Waals surface area contributed by atoms with Crippen LogP contribution in [0.4, 0.5) is 5.69 Å². The average molecular weight is 348 g/mol. The van der Waals surface area contributed by atoms with E-state index in [1.807, 2.05) is 91.5 Å². The smallest absolute Gasteiger partial charge is 0.170 e. The summed E-state index contributed by atoms with van der Waals surface area (Å²) in [4.78, 5) is 6.34. The molecule has 3 aromatic rings. The molecule has 1 N–H and O–H groups in total. The zero-order valence-electron chi connectivity index (χ0n) is 15.1. The van der Waals surface area contributed by atoms with Gasteiger partial charge in [0.2, 0.25) is 0 Å². The van der Waals surface area contributed by atoms with Crippen molar-refractivity contribution < 1.29 is 9.84 Å². The fourth-order valence-corrected chi connectivity index (χ4v) is 2.84. The Morgan fingerprint density at radius 3 is 2.15 bits per heavy atom. The van der Waals surface area contributed by atoms with Gasteiger partial charge >= 0.3 is 0 Å². The molecular formula is C22H24N2O2. The summed E-state index contributed by atoms with van der Waals surface area (Å²) in [5, 5.41) is 10.8. The Morgan fingerprint density at radius 2 is 1.58 bits per heavy atom. The third kappa shape index (κ3) is 4.41. The van der Waals surface area contributed by atoms with Crippen molar-refractivity contribution in [2.24, 2.45) is 0 Å². The van der Waals surface area contributed by atoms with E-state index >= 15 is 0 Å². The molecule has 134 valence electrons. The summed E-state index contributed by atoms with van der Waals surface area (Å²) in [6, 6.07) is 23.6. The molecule has 4 heteroatoms. The number of nitrogens with zero attached hydrogens (tertiary/aromatic N) is 2. The van der Waals surface area contributed by atoms with Crippen molar-refractivity contribution in [1.29, 1.82) is 0 Å². The van der Waals surface area contributed by atoms with E-state index in [9.17, 15) is 5.11 Å². The van der Waals surface area contributed by atoms with Gasteiger partial charge in [-0.25, -0.2) is 0 Å². The van der Waals surface area contributed by atoms with Crippen molar-refractivity contribution in [3.05, 3.63) is 90.3 Å².